The largest absolute Gasteiger partial charge is 0.228 e. The molecular formula is C25H42O2S. The predicted molar refractivity (Wildman–Crippen MR) is 122 cm³/mol. The summed E-state index contributed by atoms with van der Waals surface area (Å²) in [6.07, 6.45) is 10.6. The van der Waals surface area contributed by atoms with Crippen LogP contribution in [-0.4, -0.2) is 18.9 Å². The molecule has 1 aliphatic carbocycles. The lowest BCUT2D eigenvalue weighted by Gasteiger charge is -2.34. The zero-order valence-electron chi connectivity index (χ0n) is 18.8. The van der Waals surface area contributed by atoms with Gasteiger partial charge >= 0.3 is 0 Å². The molecule has 1 saturated carbocycles. The average molecular weight is 407 g/mol. The van der Waals surface area contributed by atoms with E-state index in [0.29, 0.717) is 5.75 Å². The Kier molecular flexibility index (Phi) is 8.60. The molecule has 2 rings (SSSR count). The van der Waals surface area contributed by atoms with Crippen molar-refractivity contribution in [3.05, 3.63) is 35.4 Å². The molecule has 1 fully saturated rings. The molecule has 0 aromatic heterocycles. The average Bonchev–Trinajstić information content (AvgIpc) is 2.63. The van der Waals surface area contributed by atoms with Crippen LogP contribution in [-0.2, 0) is 16.3 Å². The first-order valence-corrected chi connectivity index (χ1v) is 13.1. The van der Waals surface area contributed by atoms with Crippen LogP contribution in [0.25, 0.3) is 0 Å². The SMILES string of the molecule is CC1CCCC(c2ccc(CCCCCCCS(=O)(=O)C(C)(C)C)cc2)C1C. The molecule has 0 saturated heterocycles. The molecule has 160 valence electrons. The second-order valence-electron chi connectivity index (χ2n) is 10.1. The molecule has 1 aromatic rings. The topological polar surface area (TPSA) is 34.1 Å². The van der Waals surface area contributed by atoms with Crippen LogP contribution in [0.5, 0.6) is 0 Å². The molecule has 0 bridgehead atoms. The lowest BCUT2D eigenvalue weighted by Crippen LogP contribution is -2.30. The predicted octanol–water partition coefficient (Wildman–Crippen LogP) is 6.93. The summed E-state index contributed by atoms with van der Waals surface area (Å²) in [6, 6.07) is 9.40. The van der Waals surface area contributed by atoms with E-state index in [2.05, 4.69) is 38.1 Å². The van der Waals surface area contributed by atoms with Gasteiger partial charge in [-0.15, -0.1) is 0 Å². The summed E-state index contributed by atoms with van der Waals surface area (Å²) in [7, 11) is -2.95. The summed E-state index contributed by atoms with van der Waals surface area (Å²) in [6.45, 7) is 10.2. The molecule has 3 unspecified atom stereocenters. The van der Waals surface area contributed by atoms with E-state index in [9.17, 15) is 8.42 Å². The maximum atomic E-state index is 12.1. The zero-order chi connectivity index (χ0) is 20.8. The van der Waals surface area contributed by atoms with Crippen molar-refractivity contribution in [2.45, 2.75) is 103 Å². The highest BCUT2D eigenvalue weighted by atomic mass is 32.2. The van der Waals surface area contributed by atoms with Crippen molar-refractivity contribution in [1.29, 1.82) is 0 Å². The second kappa shape index (κ2) is 10.3. The minimum absolute atomic E-state index is 0.330. The van der Waals surface area contributed by atoms with Crippen LogP contribution in [0.15, 0.2) is 24.3 Å². The van der Waals surface area contributed by atoms with Gasteiger partial charge in [0.1, 0.15) is 0 Å². The molecule has 3 heteroatoms. The lowest BCUT2D eigenvalue weighted by atomic mass is 9.71. The molecule has 1 aliphatic rings. The Morgan fingerprint density at radius 1 is 0.893 bits per heavy atom. The summed E-state index contributed by atoms with van der Waals surface area (Å²) >= 11 is 0. The molecule has 0 heterocycles. The molecule has 0 aliphatic heterocycles. The fourth-order valence-corrected chi connectivity index (χ4v) is 5.64. The maximum Gasteiger partial charge on any atom is 0.155 e. The number of sulfone groups is 1. The van der Waals surface area contributed by atoms with Gasteiger partial charge in [-0.1, -0.05) is 70.2 Å². The van der Waals surface area contributed by atoms with E-state index in [0.717, 1.165) is 43.4 Å². The van der Waals surface area contributed by atoms with Crippen molar-refractivity contribution in [3.8, 4) is 0 Å². The number of hydrogen-bond donors (Lipinski definition) is 0. The van der Waals surface area contributed by atoms with Crippen LogP contribution < -0.4 is 0 Å². The van der Waals surface area contributed by atoms with E-state index in [4.69, 9.17) is 0 Å². The second-order valence-corrected chi connectivity index (χ2v) is 12.9. The number of unbranched alkanes of at least 4 members (excludes halogenated alkanes) is 4. The molecular weight excluding hydrogens is 364 g/mol. The molecule has 1 aromatic carbocycles. The van der Waals surface area contributed by atoms with Gasteiger partial charge in [0.15, 0.2) is 9.84 Å². The van der Waals surface area contributed by atoms with Gasteiger partial charge in [-0.05, 0) is 75.3 Å². The fraction of sp³-hybridized carbons (Fsp3) is 0.760. The van der Waals surface area contributed by atoms with Crippen LogP contribution in [0.3, 0.4) is 0 Å². The number of benzene rings is 1. The van der Waals surface area contributed by atoms with Crippen LogP contribution in [0.4, 0.5) is 0 Å². The third-order valence-electron chi connectivity index (χ3n) is 6.93. The van der Waals surface area contributed by atoms with Crippen LogP contribution >= 0.6 is 0 Å². The maximum absolute atomic E-state index is 12.1. The normalized spacial score (nSPS) is 23.7. The number of aryl methyl sites for hydroxylation is 1. The van der Waals surface area contributed by atoms with Crippen molar-refractivity contribution < 1.29 is 8.42 Å². The molecule has 28 heavy (non-hydrogen) atoms. The first kappa shape index (κ1) is 23.4. The van der Waals surface area contributed by atoms with Crippen molar-refractivity contribution >= 4 is 9.84 Å². The van der Waals surface area contributed by atoms with Gasteiger partial charge in [0.05, 0.1) is 10.5 Å². The summed E-state index contributed by atoms with van der Waals surface area (Å²) in [5.74, 6) is 2.71. The van der Waals surface area contributed by atoms with Gasteiger partial charge in [-0.25, -0.2) is 8.42 Å². The highest BCUT2D eigenvalue weighted by Crippen LogP contribution is 2.40. The Morgan fingerprint density at radius 2 is 1.50 bits per heavy atom. The summed E-state index contributed by atoms with van der Waals surface area (Å²) in [5, 5.41) is 0. The van der Waals surface area contributed by atoms with Crippen molar-refractivity contribution in [2.75, 3.05) is 5.75 Å². The Labute approximate surface area is 174 Å². The summed E-state index contributed by atoms with van der Waals surface area (Å²) in [4.78, 5) is 0. The van der Waals surface area contributed by atoms with E-state index in [1.807, 2.05) is 0 Å². The molecule has 0 spiro atoms. The highest BCUT2D eigenvalue weighted by molar-refractivity contribution is 7.92. The van der Waals surface area contributed by atoms with E-state index < -0.39 is 14.6 Å². The molecule has 2 nitrogen and oxygen atoms in total. The first-order valence-electron chi connectivity index (χ1n) is 11.4. The third-order valence-corrected chi connectivity index (χ3v) is 9.62. The Bertz CT molecular complexity index is 682. The first-order chi connectivity index (χ1) is 13.1. The molecule has 0 radical (unpaired) electrons. The zero-order valence-corrected chi connectivity index (χ0v) is 19.7. The summed E-state index contributed by atoms with van der Waals surface area (Å²) < 4.78 is 23.6. The lowest BCUT2D eigenvalue weighted by molar-refractivity contribution is 0.238. The van der Waals surface area contributed by atoms with E-state index in [1.54, 1.807) is 20.8 Å². The van der Waals surface area contributed by atoms with Crippen LogP contribution in [0.2, 0.25) is 0 Å². The number of rotatable bonds is 9. The number of hydrogen-bond acceptors (Lipinski definition) is 2. The third kappa shape index (κ3) is 6.61. The van der Waals surface area contributed by atoms with E-state index in [1.165, 1.54) is 43.2 Å². The summed E-state index contributed by atoms with van der Waals surface area (Å²) in [5.41, 5.74) is 2.97. The van der Waals surface area contributed by atoms with Gasteiger partial charge < -0.3 is 0 Å². The quantitative estimate of drug-likeness (QED) is 0.416. The van der Waals surface area contributed by atoms with E-state index >= 15 is 0 Å². The van der Waals surface area contributed by atoms with Gasteiger partial charge in [-0.2, -0.15) is 0 Å². The molecule has 3 atom stereocenters. The van der Waals surface area contributed by atoms with Crippen molar-refractivity contribution in [1.82, 2.24) is 0 Å². The Morgan fingerprint density at radius 3 is 2.14 bits per heavy atom. The van der Waals surface area contributed by atoms with Crippen molar-refractivity contribution in [3.63, 3.8) is 0 Å². The minimum Gasteiger partial charge on any atom is -0.228 e. The van der Waals surface area contributed by atoms with Gasteiger partial charge in [0, 0.05) is 0 Å². The van der Waals surface area contributed by atoms with Crippen LogP contribution in [0.1, 0.15) is 103 Å². The van der Waals surface area contributed by atoms with Gasteiger partial charge in [-0.3, -0.25) is 0 Å². The van der Waals surface area contributed by atoms with Crippen molar-refractivity contribution in [2.24, 2.45) is 11.8 Å². The monoisotopic (exact) mass is 406 g/mol. The van der Waals surface area contributed by atoms with E-state index in [-0.39, 0.29) is 0 Å². The molecule has 0 N–H and O–H groups in total. The smallest absolute Gasteiger partial charge is 0.155 e. The Balaban J connectivity index is 1.66. The van der Waals surface area contributed by atoms with Gasteiger partial charge in [0.2, 0.25) is 0 Å². The van der Waals surface area contributed by atoms with Gasteiger partial charge in [0.25, 0.3) is 0 Å². The standard InChI is InChI=1S/C25H42O2S/c1-20-12-11-14-24(21(20)2)23-17-15-22(16-18-23)13-9-7-6-8-10-19-28(26,27)25(3,4)5/h15-18,20-21,24H,6-14,19H2,1-5H3. The minimum atomic E-state index is -2.95. The van der Waals surface area contributed by atoms with Crippen LogP contribution in [0, 0.1) is 11.8 Å². The molecule has 0 amide bonds. The Hall–Kier alpha value is -0.830. The highest BCUT2D eigenvalue weighted by Gasteiger charge is 2.28. The fourth-order valence-electron chi connectivity index (χ4n) is 4.44.